The summed E-state index contributed by atoms with van der Waals surface area (Å²) in [5, 5.41) is 1.43. The van der Waals surface area contributed by atoms with Crippen molar-refractivity contribution in [3.63, 3.8) is 0 Å². The second-order valence-electron chi connectivity index (χ2n) is 5.16. The average molecular weight is 372 g/mol. The highest BCUT2D eigenvalue weighted by atomic mass is 35.5. The van der Waals surface area contributed by atoms with E-state index in [1.807, 2.05) is 12.1 Å². The van der Waals surface area contributed by atoms with Crippen LogP contribution in [0.3, 0.4) is 0 Å². The normalized spacial score (nSPS) is 10.9. The molecule has 124 valence electrons. The Balaban J connectivity index is 1.57. The van der Waals surface area contributed by atoms with Crippen LogP contribution in [0.25, 0.3) is 21.2 Å². The van der Waals surface area contributed by atoms with E-state index in [9.17, 15) is 9.59 Å². The molecule has 4 aromatic rings. The summed E-state index contributed by atoms with van der Waals surface area (Å²) >= 11 is 7.42. The number of benzene rings is 2. The van der Waals surface area contributed by atoms with Crippen molar-refractivity contribution in [3.05, 3.63) is 69.5 Å². The van der Waals surface area contributed by atoms with E-state index in [1.54, 1.807) is 30.3 Å². The number of hydrogen-bond acceptors (Lipinski definition) is 6. The second kappa shape index (κ2) is 6.19. The summed E-state index contributed by atoms with van der Waals surface area (Å²) in [6, 6.07) is 13.4. The van der Waals surface area contributed by atoms with Gasteiger partial charge in [-0.1, -0.05) is 41.1 Å². The summed E-state index contributed by atoms with van der Waals surface area (Å²) < 4.78 is 6.37. The lowest BCUT2D eigenvalue weighted by Crippen LogP contribution is -2.29. The molecule has 2 aromatic carbocycles. The van der Waals surface area contributed by atoms with Crippen LogP contribution < -0.4 is 16.3 Å². The van der Waals surface area contributed by atoms with E-state index in [2.05, 4.69) is 15.8 Å². The highest BCUT2D eigenvalue weighted by Gasteiger charge is 2.13. The summed E-state index contributed by atoms with van der Waals surface area (Å²) in [4.78, 5) is 28.6. The van der Waals surface area contributed by atoms with Gasteiger partial charge in [0.1, 0.15) is 11.1 Å². The van der Waals surface area contributed by atoms with Gasteiger partial charge in [-0.2, -0.15) is 0 Å². The molecule has 0 aliphatic rings. The molecule has 0 saturated heterocycles. The van der Waals surface area contributed by atoms with E-state index in [0.717, 1.165) is 10.8 Å². The molecule has 2 aromatic heterocycles. The van der Waals surface area contributed by atoms with Crippen molar-refractivity contribution in [2.24, 2.45) is 0 Å². The second-order valence-corrected chi connectivity index (χ2v) is 6.59. The lowest BCUT2D eigenvalue weighted by atomic mass is 10.2. The molecule has 0 radical (unpaired) electrons. The van der Waals surface area contributed by atoms with Gasteiger partial charge in [0.15, 0.2) is 11.2 Å². The number of anilines is 1. The zero-order valence-corrected chi connectivity index (χ0v) is 14.1. The topological polar surface area (TPSA) is 84.2 Å². The van der Waals surface area contributed by atoms with Gasteiger partial charge in [-0.25, -0.2) is 4.98 Å². The molecule has 6 nitrogen and oxygen atoms in total. The van der Waals surface area contributed by atoms with Crippen LogP contribution in [-0.2, 0) is 0 Å². The molecule has 0 aliphatic carbocycles. The maximum atomic E-state index is 12.2. The summed E-state index contributed by atoms with van der Waals surface area (Å²) in [6.45, 7) is 0. The summed E-state index contributed by atoms with van der Waals surface area (Å²) in [5.41, 5.74) is 5.92. The lowest BCUT2D eigenvalue weighted by Gasteiger charge is -2.05. The Morgan fingerprint density at radius 2 is 2.00 bits per heavy atom. The lowest BCUT2D eigenvalue weighted by molar-refractivity contribution is 0.0936. The average Bonchev–Trinajstić information content (AvgIpc) is 3.04. The van der Waals surface area contributed by atoms with Gasteiger partial charge >= 0.3 is 5.91 Å². The Morgan fingerprint density at radius 1 is 1.16 bits per heavy atom. The van der Waals surface area contributed by atoms with Crippen LogP contribution >= 0.6 is 22.9 Å². The van der Waals surface area contributed by atoms with Gasteiger partial charge in [-0.15, -0.1) is 0 Å². The van der Waals surface area contributed by atoms with Crippen LogP contribution in [0.2, 0.25) is 5.02 Å². The van der Waals surface area contributed by atoms with Crippen LogP contribution in [0.4, 0.5) is 5.13 Å². The van der Waals surface area contributed by atoms with Crippen LogP contribution in [0.5, 0.6) is 0 Å². The molecule has 0 fully saturated rings. The highest BCUT2D eigenvalue weighted by molar-refractivity contribution is 7.22. The molecule has 0 spiro atoms. The summed E-state index contributed by atoms with van der Waals surface area (Å²) in [6.07, 6.45) is 0. The molecule has 4 rings (SSSR count). The number of nitrogens with one attached hydrogen (secondary N) is 2. The fourth-order valence-corrected chi connectivity index (χ4v) is 3.48. The van der Waals surface area contributed by atoms with Crippen molar-refractivity contribution in [3.8, 4) is 0 Å². The van der Waals surface area contributed by atoms with Crippen molar-refractivity contribution in [1.29, 1.82) is 0 Å². The van der Waals surface area contributed by atoms with E-state index < -0.39 is 5.91 Å². The molecule has 8 heteroatoms. The first kappa shape index (κ1) is 15.6. The van der Waals surface area contributed by atoms with E-state index in [-0.39, 0.29) is 11.2 Å². The number of amides is 1. The molecular weight excluding hydrogens is 362 g/mol. The minimum atomic E-state index is -0.576. The molecule has 0 saturated carbocycles. The molecule has 0 bridgehead atoms. The molecule has 25 heavy (non-hydrogen) atoms. The van der Waals surface area contributed by atoms with E-state index in [1.165, 1.54) is 11.3 Å². The van der Waals surface area contributed by atoms with Crippen molar-refractivity contribution in [2.45, 2.75) is 0 Å². The van der Waals surface area contributed by atoms with Crippen LogP contribution in [0, 0.1) is 0 Å². The fraction of sp³-hybridized carbons (Fsp3) is 0. The molecular formula is C17H10ClN3O3S. The SMILES string of the molecule is O=C(NNc1nc2c(Cl)cccc2s1)c1cc(=O)c2ccccc2o1. The van der Waals surface area contributed by atoms with Crippen molar-refractivity contribution in [1.82, 2.24) is 10.4 Å². The number of fused-ring (bicyclic) bond motifs is 2. The third-order valence-corrected chi connectivity index (χ3v) is 4.75. The zero-order chi connectivity index (χ0) is 17.4. The molecule has 0 atom stereocenters. The molecule has 2 heterocycles. The van der Waals surface area contributed by atoms with Gasteiger partial charge in [0.25, 0.3) is 0 Å². The van der Waals surface area contributed by atoms with E-state index >= 15 is 0 Å². The monoisotopic (exact) mass is 371 g/mol. The number of hydrogen-bond donors (Lipinski definition) is 2. The minimum Gasteiger partial charge on any atom is -0.451 e. The third kappa shape index (κ3) is 2.95. The first-order chi connectivity index (χ1) is 12.1. The van der Waals surface area contributed by atoms with Crippen molar-refractivity contribution in [2.75, 3.05) is 5.43 Å². The Labute approximate surface area is 150 Å². The largest absolute Gasteiger partial charge is 0.451 e. The number of halogens is 1. The maximum absolute atomic E-state index is 12.2. The van der Waals surface area contributed by atoms with Crippen molar-refractivity contribution >= 4 is 55.2 Å². The summed E-state index contributed by atoms with van der Waals surface area (Å²) in [7, 11) is 0. The highest BCUT2D eigenvalue weighted by Crippen LogP contribution is 2.30. The van der Waals surface area contributed by atoms with Crippen LogP contribution in [0.1, 0.15) is 10.6 Å². The molecule has 1 amide bonds. The number of rotatable bonds is 3. The fourth-order valence-electron chi connectivity index (χ4n) is 2.36. The first-order valence-corrected chi connectivity index (χ1v) is 8.45. The predicted molar refractivity (Wildman–Crippen MR) is 98.2 cm³/mol. The van der Waals surface area contributed by atoms with Gasteiger partial charge < -0.3 is 4.42 Å². The predicted octanol–water partition coefficient (Wildman–Crippen LogP) is 3.81. The van der Waals surface area contributed by atoms with Gasteiger partial charge in [0, 0.05) is 6.07 Å². The quantitative estimate of drug-likeness (QED) is 0.535. The molecule has 0 unspecified atom stereocenters. The Morgan fingerprint density at radius 3 is 2.84 bits per heavy atom. The van der Waals surface area contributed by atoms with Gasteiger partial charge in [0.2, 0.25) is 5.13 Å². The van der Waals surface area contributed by atoms with E-state index in [0.29, 0.717) is 26.6 Å². The van der Waals surface area contributed by atoms with Crippen LogP contribution in [0.15, 0.2) is 57.7 Å². The van der Waals surface area contributed by atoms with E-state index in [4.69, 9.17) is 16.0 Å². The Kier molecular flexibility index (Phi) is 3.87. The number of thiazole rings is 1. The maximum Gasteiger partial charge on any atom is 0.305 e. The number of nitrogens with zero attached hydrogens (tertiary/aromatic N) is 1. The van der Waals surface area contributed by atoms with Crippen molar-refractivity contribution < 1.29 is 9.21 Å². The number of carbonyl (C=O) groups excluding carboxylic acids is 1. The van der Waals surface area contributed by atoms with Gasteiger partial charge in [-0.3, -0.25) is 20.4 Å². The number of aromatic nitrogens is 1. The Hall–Kier alpha value is -2.90. The number of hydrazine groups is 1. The van der Waals surface area contributed by atoms with Gasteiger partial charge in [0.05, 0.1) is 15.1 Å². The summed E-state index contributed by atoms with van der Waals surface area (Å²) in [5.74, 6) is -0.663. The van der Waals surface area contributed by atoms with Gasteiger partial charge in [-0.05, 0) is 24.3 Å². The third-order valence-electron chi connectivity index (χ3n) is 3.51. The molecule has 0 aliphatic heterocycles. The number of carbonyl (C=O) groups is 1. The first-order valence-electron chi connectivity index (χ1n) is 7.26. The Bertz CT molecular complexity index is 1170. The standard InChI is InChI=1S/C17H10ClN3O3S/c18-10-5-3-7-14-15(10)19-17(25-14)21-20-16(23)13-8-11(22)9-4-1-2-6-12(9)24-13/h1-8H,(H,19,21)(H,20,23). The zero-order valence-electron chi connectivity index (χ0n) is 12.6. The number of para-hydroxylation sites is 2. The molecule has 2 N–H and O–H groups in total. The smallest absolute Gasteiger partial charge is 0.305 e. The van der Waals surface area contributed by atoms with Crippen LogP contribution in [-0.4, -0.2) is 10.9 Å². The minimum absolute atomic E-state index is 0.0876.